The summed E-state index contributed by atoms with van der Waals surface area (Å²) in [6, 6.07) is 10.5. The maximum atomic E-state index is 11.5. The lowest BCUT2D eigenvalue weighted by Gasteiger charge is -2.31. The van der Waals surface area contributed by atoms with E-state index in [1.54, 1.807) is 37.4 Å². The molecular weight excluding hydrogens is 396 g/mol. The van der Waals surface area contributed by atoms with E-state index in [0.717, 1.165) is 50.0 Å². The number of Topliss-reactive ketones (excluding diaryl/α,β-unsaturated/α-hetero) is 1. The Labute approximate surface area is 181 Å². The second-order valence-electron chi connectivity index (χ2n) is 7.99. The fourth-order valence-electron chi connectivity index (χ4n) is 4.15. The fraction of sp³-hybridized carbons (Fsp3) is 0.417. The summed E-state index contributed by atoms with van der Waals surface area (Å²) in [6.07, 6.45) is 2.97. The molecule has 0 bridgehead atoms. The zero-order chi connectivity index (χ0) is 21.8. The van der Waals surface area contributed by atoms with Crippen molar-refractivity contribution in [2.24, 2.45) is 0 Å². The molecule has 0 amide bonds. The molecule has 31 heavy (non-hydrogen) atoms. The van der Waals surface area contributed by atoms with Crippen LogP contribution < -0.4 is 9.47 Å². The number of aromatic nitrogens is 1. The number of carbonyl (C=O) groups is 1. The number of aromatic hydroxyl groups is 1. The number of nitrogens with zero attached hydrogens (tertiary/aromatic N) is 2. The van der Waals surface area contributed by atoms with Crippen LogP contribution in [0.15, 0.2) is 40.9 Å². The molecule has 1 aliphatic heterocycles. The summed E-state index contributed by atoms with van der Waals surface area (Å²) >= 11 is 0. The summed E-state index contributed by atoms with van der Waals surface area (Å²) < 4.78 is 16.6. The van der Waals surface area contributed by atoms with Crippen LogP contribution in [0.2, 0.25) is 0 Å². The highest BCUT2D eigenvalue weighted by Gasteiger charge is 2.25. The van der Waals surface area contributed by atoms with Crippen molar-refractivity contribution in [1.82, 2.24) is 10.1 Å². The average molecular weight is 424 g/mol. The Kier molecular flexibility index (Phi) is 6.42. The normalized spacial score (nSPS) is 15.3. The number of fused-ring (bicyclic) bond motifs is 1. The highest BCUT2D eigenvalue weighted by atomic mass is 16.5. The zero-order valence-corrected chi connectivity index (χ0v) is 18.0. The van der Waals surface area contributed by atoms with Crippen LogP contribution in [0.3, 0.4) is 0 Å². The fourth-order valence-corrected chi connectivity index (χ4v) is 4.15. The van der Waals surface area contributed by atoms with E-state index < -0.39 is 0 Å². The van der Waals surface area contributed by atoms with Crippen LogP contribution in [0.1, 0.15) is 48.2 Å². The molecule has 4 rings (SSSR count). The van der Waals surface area contributed by atoms with Crippen molar-refractivity contribution >= 4 is 16.8 Å². The van der Waals surface area contributed by atoms with Gasteiger partial charge in [0.1, 0.15) is 5.75 Å². The van der Waals surface area contributed by atoms with E-state index in [-0.39, 0.29) is 11.5 Å². The number of methoxy groups -OCH3 is 1. The molecule has 0 spiro atoms. The van der Waals surface area contributed by atoms with Gasteiger partial charge in [-0.05, 0) is 69.6 Å². The quantitative estimate of drug-likeness (QED) is 0.424. The van der Waals surface area contributed by atoms with Gasteiger partial charge in [-0.15, -0.1) is 0 Å². The minimum Gasteiger partial charge on any atom is -0.508 e. The SMILES string of the molecule is COc1cc(C(C)=O)ccc1OCCCN1CCC(c2noc3cc(O)ccc23)CC1. The molecule has 164 valence electrons. The minimum absolute atomic E-state index is 0.00465. The average Bonchev–Trinajstić information content (AvgIpc) is 3.20. The molecule has 0 aliphatic carbocycles. The maximum absolute atomic E-state index is 11.5. The van der Waals surface area contributed by atoms with Gasteiger partial charge >= 0.3 is 0 Å². The van der Waals surface area contributed by atoms with E-state index in [4.69, 9.17) is 14.0 Å². The van der Waals surface area contributed by atoms with Crippen molar-refractivity contribution in [1.29, 1.82) is 0 Å². The van der Waals surface area contributed by atoms with Crippen molar-refractivity contribution in [3.63, 3.8) is 0 Å². The van der Waals surface area contributed by atoms with Gasteiger partial charge in [0, 0.05) is 29.5 Å². The molecule has 3 aromatic rings. The lowest BCUT2D eigenvalue weighted by atomic mass is 9.91. The third-order valence-corrected chi connectivity index (χ3v) is 5.90. The van der Waals surface area contributed by atoms with Crippen molar-refractivity contribution < 1.29 is 23.9 Å². The van der Waals surface area contributed by atoms with Gasteiger partial charge < -0.3 is 24.0 Å². The molecule has 2 heterocycles. The summed E-state index contributed by atoms with van der Waals surface area (Å²) in [4.78, 5) is 14.0. The van der Waals surface area contributed by atoms with Crippen LogP contribution >= 0.6 is 0 Å². The van der Waals surface area contributed by atoms with Crippen molar-refractivity contribution in [3.05, 3.63) is 47.7 Å². The number of phenolic OH excluding ortho intramolecular Hbond substituents is 1. The van der Waals surface area contributed by atoms with Crippen molar-refractivity contribution in [3.8, 4) is 17.2 Å². The van der Waals surface area contributed by atoms with Crippen LogP contribution in [0, 0.1) is 0 Å². The van der Waals surface area contributed by atoms with Crippen molar-refractivity contribution in [2.75, 3.05) is 33.4 Å². The third-order valence-electron chi connectivity index (χ3n) is 5.90. The number of piperidine rings is 1. The van der Waals surface area contributed by atoms with Gasteiger partial charge in [0.15, 0.2) is 22.9 Å². The Morgan fingerprint density at radius 3 is 2.74 bits per heavy atom. The standard InChI is InChI=1S/C24H28N2O5/c1-16(27)18-4-7-21(23(14-18)29-2)30-13-3-10-26-11-8-17(9-12-26)24-20-6-5-19(28)15-22(20)31-25-24/h4-7,14-15,17,28H,3,8-13H2,1-2H3. The number of phenols is 1. The maximum Gasteiger partial charge on any atom is 0.170 e. The number of carbonyl (C=O) groups excluding carboxylic acids is 1. The number of hydrogen-bond donors (Lipinski definition) is 1. The molecule has 7 heteroatoms. The Bertz CT molecular complexity index is 1050. The van der Waals surface area contributed by atoms with Crippen LogP contribution in [0.25, 0.3) is 11.0 Å². The van der Waals surface area contributed by atoms with Crippen LogP contribution in [-0.4, -0.2) is 54.3 Å². The Morgan fingerprint density at radius 2 is 2.00 bits per heavy atom. The number of rotatable bonds is 8. The second-order valence-corrected chi connectivity index (χ2v) is 7.99. The number of ether oxygens (including phenoxy) is 2. The van der Waals surface area contributed by atoms with Crippen LogP contribution in [-0.2, 0) is 0 Å². The number of hydrogen-bond acceptors (Lipinski definition) is 7. The Morgan fingerprint density at radius 1 is 1.19 bits per heavy atom. The van der Waals surface area contributed by atoms with Gasteiger partial charge in [-0.2, -0.15) is 0 Å². The summed E-state index contributed by atoms with van der Waals surface area (Å²) in [7, 11) is 1.58. The lowest BCUT2D eigenvalue weighted by molar-refractivity contribution is 0.101. The van der Waals surface area contributed by atoms with Gasteiger partial charge in [0.25, 0.3) is 0 Å². The molecule has 7 nitrogen and oxygen atoms in total. The minimum atomic E-state index is 0.00465. The van der Waals surface area contributed by atoms with Gasteiger partial charge in [0.05, 0.1) is 19.4 Å². The Hall–Kier alpha value is -3.06. The topological polar surface area (TPSA) is 85.0 Å². The van der Waals surface area contributed by atoms with Gasteiger partial charge in [-0.1, -0.05) is 5.16 Å². The third kappa shape index (κ3) is 4.82. The largest absolute Gasteiger partial charge is 0.508 e. The second kappa shape index (κ2) is 9.39. The predicted molar refractivity (Wildman–Crippen MR) is 117 cm³/mol. The first kappa shape index (κ1) is 21.2. The highest BCUT2D eigenvalue weighted by molar-refractivity contribution is 5.94. The van der Waals surface area contributed by atoms with E-state index in [2.05, 4.69) is 10.1 Å². The molecule has 0 radical (unpaired) electrons. The monoisotopic (exact) mass is 424 g/mol. The molecule has 1 saturated heterocycles. The van der Waals surface area contributed by atoms with E-state index in [1.807, 2.05) is 6.07 Å². The van der Waals surface area contributed by atoms with Crippen LogP contribution in [0.4, 0.5) is 0 Å². The molecule has 2 aromatic carbocycles. The first-order valence-corrected chi connectivity index (χ1v) is 10.7. The lowest BCUT2D eigenvalue weighted by Crippen LogP contribution is -2.34. The molecule has 1 N–H and O–H groups in total. The van der Waals surface area contributed by atoms with E-state index in [1.165, 1.54) is 6.92 Å². The summed E-state index contributed by atoms with van der Waals surface area (Å²) in [5, 5.41) is 14.9. The Balaban J connectivity index is 1.24. The van der Waals surface area contributed by atoms with Gasteiger partial charge in [-0.3, -0.25) is 4.79 Å². The molecule has 1 aliphatic rings. The highest BCUT2D eigenvalue weighted by Crippen LogP contribution is 2.34. The number of benzene rings is 2. The molecule has 1 fully saturated rings. The predicted octanol–water partition coefficient (Wildman–Crippen LogP) is 4.39. The number of likely N-dealkylation sites (tertiary alicyclic amines) is 1. The summed E-state index contributed by atoms with van der Waals surface area (Å²) in [5.41, 5.74) is 2.25. The first-order chi connectivity index (χ1) is 15.0. The molecular formula is C24H28N2O5. The smallest absolute Gasteiger partial charge is 0.170 e. The summed E-state index contributed by atoms with van der Waals surface area (Å²) in [5.74, 6) is 1.82. The molecule has 1 aromatic heterocycles. The summed E-state index contributed by atoms with van der Waals surface area (Å²) in [6.45, 7) is 5.11. The van der Waals surface area contributed by atoms with Crippen LogP contribution in [0.5, 0.6) is 17.2 Å². The zero-order valence-electron chi connectivity index (χ0n) is 18.0. The van der Waals surface area contributed by atoms with Crippen molar-refractivity contribution in [2.45, 2.75) is 32.1 Å². The van der Waals surface area contributed by atoms with E-state index in [0.29, 0.717) is 35.2 Å². The first-order valence-electron chi connectivity index (χ1n) is 10.7. The van der Waals surface area contributed by atoms with Gasteiger partial charge in [0.2, 0.25) is 0 Å². The van der Waals surface area contributed by atoms with Gasteiger partial charge in [-0.25, -0.2) is 0 Å². The number of ketones is 1. The molecule has 0 saturated carbocycles. The van der Waals surface area contributed by atoms with E-state index >= 15 is 0 Å². The molecule has 0 atom stereocenters. The van der Waals surface area contributed by atoms with E-state index in [9.17, 15) is 9.90 Å². The molecule has 0 unspecified atom stereocenters.